The standard InChI is InChI=1S/C21H26N2O3/c1-15-12-18(16(2)23(15)13-17-8-5-4-6-9-17)20(24)14-22-11-7-10-19(22)21(25)26-3/h4-6,8-9,12,19H,7,10-11,13-14H2,1-3H3. The summed E-state index contributed by atoms with van der Waals surface area (Å²) in [5.74, 6) is -0.182. The summed E-state index contributed by atoms with van der Waals surface area (Å²) in [5, 5.41) is 0. The number of likely N-dealkylation sites (tertiary alicyclic amines) is 1. The Balaban J connectivity index is 1.76. The molecule has 0 N–H and O–H groups in total. The highest BCUT2D eigenvalue weighted by Crippen LogP contribution is 2.22. The molecule has 2 aromatic rings. The number of rotatable bonds is 6. The smallest absolute Gasteiger partial charge is 0.323 e. The monoisotopic (exact) mass is 354 g/mol. The summed E-state index contributed by atoms with van der Waals surface area (Å²) in [6, 6.07) is 11.9. The number of ether oxygens (including phenoxy) is 1. The van der Waals surface area contributed by atoms with E-state index in [2.05, 4.69) is 16.7 Å². The second kappa shape index (κ2) is 7.87. The molecule has 138 valence electrons. The van der Waals surface area contributed by atoms with Gasteiger partial charge in [-0.25, -0.2) is 0 Å². The molecule has 1 atom stereocenters. The Morgan fingerprint density at radius 1 is 1.19 bits per heavy atom. The van der Waals surface area contributed by atoms with Crippen LogP contribution in [0.25, 0.3) is 0 Å². The Hall–Kier alpha value is -2.40. The lowest BCUT2D eigenvalue weighted by atomic mass is 10.1. The number of esters is 1. The number of aromatic nitrogens is 1. The number of aryl methyl sites for hydroxylation is 1. The molecule has 1 aliphatic heterocycles. The molecule has 0 amide bonds. The Kier molecular flexibility index (Phi) is 5.57. The van der Waals surface area contributed by atoms with Gasteiger partial charge in [-0.1, -0.05) is 30.3 Å². The molecule has 0 aliphatic carbocycles. The highest BCUT2D eigenvalue weighted by molar-refractivity contribution is 5.99. The molecule has 5 heteroatoms. The average Bonchev–Trinajstić information content (AvgIpc) is 3.21. The predicted octanol–water partition coefficient (Wildman–Crippen LogP) is 2.97. The number of ketones is 1. The molecule has 0 radical (unpaired) electrons. The van der Waals surface area contributed by atoms with E-state index in [9.17, 15) is 9.59 Å². The van der Waals surface area contributed by atoms with Crippen molar-refractivity contribution in [2.75, 3.05) is 20.2 Å². The Morgan fingerprint density at radius 2 is 1.92 bits per heavy atom. The largest absolute Gasteiger partial charge is 0.468 e. The van der Waals surface area contributed by atoms with E-state index in [-0.39, 0.29) is 24.3 Å². The molecule has 2 heterocycles. The molecule has 0 saturated carbocycles. The first-order valence-electron chi connectivity index (χ1n) is 9.07. The van der Waals surface area contributed by atoms with E-state index in [1.54, 1.807) is 0 Å². The van der Waals surface area contributed by atoms with Gasteiger partial charge in [-0.2, -0.15) is 0 Å². The third-order valence-electron chi connectivity index (χ3n) is 5.24. The van der Waals surface area contributed by atoms with Crippen LogP contribution in [0.1, 0.15) is 40.2 Å². The molecular formula is C21H26N2O3. The van der Waals surface area contributed by atoms with Gasteiger partial charge in [0.15, 0.2) is 5.78 Å². The van der Waals surface area contributed by atoms with Crippen LogP contribution < -0.4 is 0 Å². The van der Waals surface area contributed by atoms with Crippen LogP contribution in [-0.2, 0) is 16.1 Å². The summed E-state index contributed by atoms with van der Waals surface area (Å²) in [4.78, 5) is 26.7. The molecule has 0 spiro atoms. The van der Waals surface area contributed by atoms with Gasteiger partial charge in [0.25, 0.3) is 0 Å². The number of carbonyl (C=O) groups excluding carboxylic acids is 2. The SMILES string of the molecule is COC(=O)C1CCCN1CC(=O)c1cc(C)n(Cc2ccccc2)c1C. The number of hydrogen-bond donors (Lipinski definition) is 0. The minimum atomic E-state index is -0.295. The third kappa shape index (κ3) is 3.73. The van der Waals surface area contributed by atoms with Crippen molar-refractivity contribution in [1.29, 1.82) is 0 Å². The molecular weight excluding hydrogens is 328 g/mol. The zero-order valence-electron chi connectivity index (χ0n) is 15.7. The van der Waals surface area contributed by atoms with Crippen LogP contribution in [0.15, 0.2) is 36.4 Å². The number of benzene rings is 1. The fraction of sp³-hybridized carbons (Fsp3) is 0.429. The van der Waals surface area contributed by atoms with Crippen LogP contribution in [0, 0.1) is 13.8 Å². The van der Waals surface area contributed by atoms with Gasteiger partial charge in [-0.3, -0.25) is 14.5 Å². The van der Waals surface area contributed by atoms with Crippen LogP contribution >= 0.6 is 0 Å². The maximum Gasteiger partial charge on any atom is 0.323 e. The molecule has 1 unspecified atom stereocenters. The normalized spacial score (nSPS) is 17.4. The van der Waals surface area contributed by atoms with Gasteiger partial charge in [0.1, 0.15) is 6.04 Å². The zero-order valence-corrected chi connectivity index (χ0v) is 15.7. The molecule has 1 fully saturated rings. The van der Waals surface area contributed by atoms with Crippen LogP contribution in [0.3, 0.4) is 0 Å². The lowest BCUT2D eigenvalue weighted by Gasteiger charge is -2.21. The lowest BCUT2D eigenvalue weighted by Crippen LogP contribution is -2.40. The average molecular weight is 354 g/mol. The fourth-order valence-electron chi connectivity index (χ4n) is 3.78. The van der Waals surface area contributed by atoms with Gasteiger partial charge in [0.2, 0.25) is 0 Å². The Bertz CT molecular complexity index is 795. The van der Waals surface area contributed by atoms with E-state index in [0.29, 0.717) is 0 Å². The Morgan fingerprint density at radius 3 is 2.62 bits per heavy atom. The summed E-state index contributed by atoms with van der Waals surface area (Å²) >= 11 is 0. The summed E-state index contributed by atoms with van der Waals surface area (Å²) in [5.41, 5.74) is 4.00. The number of methoxy groups -OCH3 is 1. The molecule has 1 aliphatic rings. The van der Waals surface area contributed by atoms with Crippen molar-refractivity contribution in [1.82, 2.24) is 9.47 Å². The van der Waals surface area contributed by atoms with E-state index in [0.717, 1.165) is 42.9 Å². The molecule has 0 bridgehead atoms. The van der Waals surface area contributed by atoms with E-state index in [1.807, 2.05) is 43.0 Å². The minimum Gasteiger partial charge on any atom is -0.468 e. The third-order valence-corrected chi connectivity index (χ3v) is 5.24. The number of nitrogens with zero attached hydrogens (tertiary/aromatic N) is 2. The summed E-state index contributed by atoms with van der Waals surface area (Å²) in [7, 11) is 1.40. The first-order chi connectivity index (χ1) is 12.5. The van der Waals surface area contributed by atoms with E-state index in [1.165, 1.54) is 12.7 Å². The lowest BCUT2D eigenvalue weighted by molar-refractivity contribution is -0.145. The topological polar surface area (TPSA) is 51.5 Å². The van der Waals surface area contributed by atoms with Crippen molar-refractivity contribution in [3.05, 3.63) is 58.9 Å². The second-order valence-electron chi connectivity index (χ2n) is 6.93. The molecule has 1 aromatic carbocycles. The first-order valence-corrected chi connectivity index (χ1v) is 9.07. The summed E-state index contributed by atoms with van der Waals surface area (Å²) in [6.45, 7) is 5.79. The predicted molar refractivity (Wildman–Crippen MR) is 100 cm³/mol. The summed E-state index contributed by atoms with van der Waals surface area (Å²) < 4.78 is 7.04. The Labute approximate surface area is 154 Å². The molecule has 3 rings (SSSR count). The molecule has 1 saturated heterocycles. The maximum absolute atomic E-state index is 12.9. The minimum absolute atomic E-state index is 0.0632. The fourth-order valence-corrected chi connectivity index (χ4v) is 3.78. The van der Waals surface area contributed by atoms with Gasteiger partial charge < -0.3 is 9.30 Å². The molecule has 5 nitrogen and oxygen atoms in total. The van der Waals surface area contributed by atoms with Crippen molar-refractivity contribution < 1.29 is 14.3 Å². The van der Waals surface area contributed by atoms with Crippen molar-refractivity contribution in [2.45, 2.75) is 39.3 Å². The van der Waals surface area contributed by atoms with Gasteiger partial charge in [-0.15, -0.1) is 0 Å². The van der Waals surface area contributed by atoms with Gasteiger partial charge in [-0.05, 0) is 44.9 Å². The van der Waals surface area contributed by atoms with Crippen molar-refractivity contribution in [3.63, 3.8) is 0 Å². The van der Waals surface area contributed by atoms with Crippen LogP contribution in [0.5, 0.6) is 0 Å². The highest BCUT2D eigenvalue weighted by Gasteiger charge is 2.33. The van der Waals surface area contributed by atoms with Crippen LogP contribution in [0.4, 0.5) is 0 Å². The van der Waals surface area contributed by atoms with Crippen molar-refractivity contribution >= 4 is 11.8 Å². The molecule has 26 heavy (non-hydrogen) atoms. The van der Waals surface area contributed by atoms with E-state index in [4.69, 9.17) is 4.74 Å². The first kappa shape index (κ1) is 18.4. The quantitative estimate of drug-likeness (QED) is 0.591. The van der Waals surface area contributed by atoms with E-state index < -0.39 is 0 Å². The maximum atomic E-state index is 12.9. The zero-order chi connectivity index (χ0) is 18.7. The van der Waals surface area contributed by atoms with Gasteiger partial charge in [0, 0.05) is 23.5 Å². The van der Waals surface area contributed by atoms with Crippen molar-refractivity contribution in [2.24, 2.45) is 0 Å². The van der Waals surface area contributed by atoms with Gasteiger partial charge >= 0.3 is 5.97 Å². The number of Topliss-reactive ketones (excluding diaryl/α,β-unsaturated/α-hetero) is 1. The number of carbonyl (C=O) groups is 2. The van der Waals surface area contributed by atoms with Crippen LogP contribution in [0.2, 0.25) is 0 Å². The molecule has 1 aromatic heterocycles. The van der Waals surface area contributed by atoms with E-state index >= 15 is 0 Å². The second-order valence-corrected chi connectivity index (χ2v) is 6.93. The highest BCUT2D eigenvalue weighted by atomic mass is 16.5. The summed E-state index contributed by atoms with van der Waals surface area (Å²) in [6.07, 6.45) is 1.67. The van der Waals surface area contributed by atoms with Crippen molar-refractivity contribution in [3.8, 4) is 0 Å². The van der Waals surface area contributed by atoms with Crippen LogP contribution in [-0.4, -0.2) is 47.5 Å². The number of hydrogen-bond acceptors (Lipinski definition) is 4. The van der Waals surface area contributed by atoms with Gasteiger partial charge in [0.05, 0.1) is 13.7 Å².